The van der Waals surface area contributed by atoms with Crippen molar-refractivity contribution in [2.45, 2.75) is 6.36 Å². The van der Waals surface area contributed by atoms with Gasteiger partial charge in [0.05, 0.1) is 17.6 Å². The number of benzene rings is 2. The summed E-state index contributed by atoms with van der Waals surface area (Å²) >= 11 is 0. The van der Waals surface area contributed by atoms with Crippen molar-refractivity contribution < 1.29 is 22.7 Å². The molecule has 0 aliphatic heterocycles. The Hall–Kier alpha value is -3.92. The van der Waals surface area contributed by atoms with E-state index in [1.807, 2.05) is 25.1 Å². The van der Waals surface area contributed by atoms with Crippen LogP contribution in [-0.4, -0.2) is 59.0 Å². The molecule has 1 amide bonds. The summed E-state index contributed by atoms with van der Waals surface area (Å²) in [6, 6.07) is 16.2. The third kappa shape index (κ3) is 5.52. The number of halogens is 3. The monoisotopic (exact) mass is 469 g/mol. The lowest BCUT2D eigenvalue weighted by atomic mass is 10.1. The maximum absolute atomic E-state index is 12.6. The topological polar surface area (TPSA) is 71.8 Å². The Kier molecular flexibility index (Phi) is 6.51. The third-order valence-corrected chi connectivity index (χ3v) is 4.99. The van der Waals surface area contributed by atoms with E-state index in [9.17, 15) is 18.0 Å². The number of hydrogen-bond acceptors (Lipinski definition) is 5. The van der Waals surface area contributed by atoms with Crippen molar-refractivity contribution in [3.05, 3.63) is 72.4 Å². The molecule has 4 rings (SSSR count). The number of nitrogens with one attached hydrogen (secondary N) is 1. The molecule has 0 radical (unpaired) electrons. The van der Waals surface area contributed by atoms with E-state index in [0.29, 0.717) is 34.7 Å². The van der Waals surface area contributed by atoms with E-state index in [1.165, 1.54) is 24.4 Å². The normalized spacial score (nSPS) is 11.7. The van der Waals surface area contributed by atoms with Crippen LogP contribution in [0.1, 0.15) is 10.4 Å². The summed E-state index contributed by atoms with van der Waals surface area (Å²) in [5.41, 5.74) is 3.29. The fraction of sp³-hybridized carbons (Fsp3) is 0.208. The molecule has 0 saturated carbocycles. The van der Waals surface area contributed by atoms with Crippen molar-refractivity contribution in [3.63, 3.8) is 0 Å². The number of hydrogen-bond donors (Lipinski definition) is 1. The van der Waals surface area contributed by atoms with Crippen LogP contribution in [0.3, 0.4) is 0 Å². The number of fused-ring (bicyclic) bond motifs is 1. The quantitative estimate of drug-likeness (QED) is 0.438. The molecule has 2 aromatic heterocycles. The van der Waals surface area contributed by atoms with E-state index in [1.54, 1.807) is 40.9 Å². The van der Waals surface area contributed by atoms with Gasteiger partial charge in [0.25, 0.3) is 5.91 Å². The highest BCUT2D eigenvalue weighted by Crippen LogP contribution is 2.29. The standard InChI is InChI=1S/C24H22F3N5O2/c1-31(2)12-11-28-23(33)18-7-3-5-16(13-18)20-9-10-22-29-15-21(32(22)30-20)17-6-4-8-19(14-17)34-24(25,26)27/h3-10,13-15H,11-12H2,1-2H3,(H,28,33). The van der Waals surface area contributed by atoms with Gasteiger partial charge in [0.1, 0.15) is 5.75 Å². The number of carbonyl (C=O) groups is 1. The minimum Gasteiger partial charge on any atom is -0.406 e. The SMILES string of the molecule is CN(C)CCNC(=O)c1cccc(-c2ccc3ncc(-c4cccc(OC(F)(F)F)c4)n3n2)c1. The van der Waals surface area contributed by atoms with Crippen LogP contribution in [0, 0.1) is 0 Å². The van der Waals surface area contributed by atoms with Gasteiger partial charge in [-0.1, -0.05) is 24.3 Å². The minimum atomic E-state index is -4.78. The van der Waals surface area contributed by atoms with Gasteiger partial charge in [0, 0.05) is 29.8 Å². The number of likely N-dealkylation sites (N-methyl/N-ethyl adjacent to an activating group) is 1. The van der Waals surface area contributed by atoms with Crippen LogP contribution in [0.2, 0.25) is 0 Å². The zero-order valence-corrected chi connectivity index (χ0v) is 18.5. The van der Waals surface area contributed by atoms with Gasteiger partial charge >= 0.3 is 6.36 Å². The molecule has 34 heavy (non-hydrogen) atoms. The maximum atomic E-state index is 12.6. The van der Waals surface area contributed by atoms with Crippen molar-refractivity contribution >= 4 is 11.6 Å². The molecule has 0 unspecified atom stereocenters. The van der Waals surface area contributed by atoms with Crippen LogP contribution in [-0.2, 0) is 0 Å². The van der Waals surface area contributed by atoms with Crippen molar-refractivity contribution in [3.8, 4) is 28.3 Å². The summed E-state index contributed by atoms with van der Waals surface area (Å²) in [5.74, 6) is -0.515. The fourth-order valence-corrected chi connectivity index (χ4v) is 3.39. The second kappa shape index (κ2) is 9.52. The number of rotatable bonds is 7. The maximum Gasteiger partial charge on any atom is 0.573 e. The first kappa shape index (κ1) is 23.2. The van der Waals surface area contributed by atoms with Crippen molar-refractivity contribution in [2.24, 2.45) is 0 Å². The van der Waals surface area contributed by atoms with Gasteiger partial charge in [0.15, 0.2) is 5.65 Å². The van der Waals surface area contributed by atoms with Gasteiger partial charge in [-0.25, -0.2) is 9.50 Å². The van der Waals surface area contributed by atoms with E-state index >= 15 is 0 Å². The van der Waals surface area contributed by atoms with Crippen LogP contribution in [0.15, 0.2) is 66.9 Å². The van der Waals surface area contributed by atoms with Gasteiger partial charge in [-0.05, 0) is 50.5 Å². The Morgan fingerprint density at radius 3 is 2.59 bits per heavy atom. The highest BCUT2D eigenvalue weighted by Gasteiger charge is 2.31. The summed E-state index contributed by atoms with van der Waals surface area (Å²) in [6.45, 7) is 1.25. The molecule has 10 heteroatoms. The molecule has 0 aliphatic rings. The molecule has 2 aromatic carbocycles. The number of ether oxygens (including phenoxy) is 1. The summed E-state index contributed by atoms with van der Waals surface area (Å²) in [7, 11) is 3.86. The summed E-state index contributed by atoms with van der Waals surface area (Å²) in [5, 5.41) is 7.50. The Labute approximate surface area is 193 Å². The van der Waals surface area contributed by atoms with Crippen LogP contribution < -0.4 is 10.1 Å². The van der Waals surface area contributed by atoms with Gasteiger partial charge in [-0.2, -0.15) is 5.10 Å². The fourth-order valence-electron chi connectivity index (χ4n) is 3.39. The zero-order valence-electron chi connectivity index (χ0n) is 18.5. The van der Waals surface area contributed by atoms with E-state index in [0.717, 1.165) is 12.1 Å². The molecule has 0 saturated heterocycles. The number of alkyl halides is 3. The second-order valence-electron chi connectivity index (χ2n) is 7.85. The molecule has 176 valence electrons. The molecule has 1 N–H and O–H groups in total. The molecular formula is C24H22F3N5O2. The lowest BCUT2D eigenvalue weighted by Gasteiger charge is -2.11. The predicted octanol–water partition coefficient (Wildman–Crippen LogP) is 4.25. The molecule has 4 aromatic rings. The summed E-state index contributed by atoms with van der Waals surface area (Å²) in [6.07, 6.45) is -3.25. The van der Waals surface area contributed by atoms with Gasteiger partial charge in [-0.15, -0.1) is 13.2 Å². The molecule has 0 spiro atoms. The first-order valence-electron chi connectivity index (χ1n) is 10.4. The van der Waals surface area contributed by atoms with E-state index in [-0.39, 0.29) is 11.7 Å². The molecular weight excluding hydrogens is 447 g/mol. The van der Waals surface area contributed by atoms with Crippen molar-refractivity contribution in [1.82, 2.24) is 24.8 Å². The largest absolute Gasteiger partial charge is 0.573 e. The average Bonchev–Trinajstić information content (AvgIpc) is 3.21. The first-order chi connectivity index (χ1) is 16.2. The number of carbonyl (C=O) groups excluding carboxylic acids is 1. The predicted molar refractivity (Wildman–Crippen MR) is 121 cm³/mol. The molecule has 2 heterocycles. The summed E-state index contributed by atoms with van der Waals surface area (Å²) < 4.78 is 43.4. The smallest absolute Gasteiger partial charge is 0.406 e. The lowest BCUT2D eigenvalue weighted by molar-refractivity contribution is -0.274. The third-order valence-electron chi connectivity index (χ3n) is 4.99. The number of aromatic nitrogens is 3. The van der Waals surface area contributed by atoms with Gasteiger partial charge in [-0.3, -0.25) is 4.79 Å². The van der Waals surface area contributed by atoms with Crippen LogP contribution >= 0.6 is 0 Å². The van der Waals surface area contributed by atoms with Gasteiger partial charge < -0.3 is 15.0 Å². The van der Waals surface area contributed by atoms with Crippen LogP contribution in [0.4, 0.5) is 13.2 Å². The number of amides is 1. The molecule has 0 aliphatic carbocycles. The Morgan fingerprint density at radius 2 is 1.82 bits per heavy atom. The van der Waals surface area contributed by atoms with E-state index in [2.05, 4.69) is 20.1 Å². The minimum absolute atomic E-state index is 0.186. The van der Waals surface area contributed by atoms with E-state index < -0.39 is 6.36 Å². The Morgan fingerprint density at radius 1 is 1.06 bits per heavy atom. The van der Waals surface area contributed by atoms with Crippen LogP contribution in [0.5, 0.6) is 5.75 Å². The van der Waals surface area contributed by atoms with Crippen LogP contribution in [0.25, 0.3) is 28.2 Å². The van der Waals surface area contributed by atoms with Crippen molar-refractivity contribution in [1.29, 1.82) is 0 Å². The average molecular weight is 469 g/mol. The van der Waals surface area contributed by atoms with Gasteiger partial charge in [0.2, 0.25) is 0 Å². The molecule has 0 atom stereocenters. The lowest BCUT2D eigenvalue weighted by Crippen LogP contribution is -2.31. The highest BCUT2D eigenvalue weighted by molar-refractivity contribution is 5.95. The van der Waals surface area contributed by atoms with E-state index in [4.69, 9.17) is 0 Å². The molecule has 0 bridgehead atoms. The highest BCUT2D eigenvalue weighted by atomic mass is 19.4. The molecule has 7 nitrogen and oxygen atoms in total. The Balaban J connectivity index is 1.64. The first-order valence-corrected chi connectivity index (χ1v) is 10.4. The van der Waals surface area contributed by atoms with Crippen molar-refractivity contribution in [2.75, 3.05) is 27.2 Å². The number of nitrogens with zero attached hydrogens (tertiary/aromatic N) is 4. The zero-order chi connectivity index (χ0) is 24.3. The Bertz CT molecular complexity index is 1320. The molecule has 0 fully saturated rings. The second-order valence-corrected chi connectivity index (χ2v) is 7.85. The summed E-state index contributed by atoms with van der Waals surface area (Å²) in [4.78, 5) is 18.8. The number of imidazole rings is 1.